The summed E-state index contributed by atoms with van der Waals surface area (Å²) in [7, 11) is 0. The van der Waals surface area contributed by atoms with E-state index in [4.69, 9.17) is 28.2 Å². The number of allylic oxidation sites excluding steroid dienone is 1. The van der Waals surface area contributed by atoms with Gasteiger partial charge in [0.2, 0.25) is 0 Å². The highest BCUT2D eigenvalue weighted by Gasteiger charge is 2.19. The van der Waals surface area contributed by atoms with Crippen LogP contribution in [0.25, 0.3) is 6.08 Å². The maximum Gasteiger partial charge on any atom is 0.336 e. The van der Waals surface area contributed by atoms with E-state index in [0.717, 1.165) is 28.1 Å². The van der Waals surface area contributed by atoms with E-state index in [2.05, 4.69) is 4.90 Å². The summed E-state index contributed by atoms with van der Waals surface area (Å²) in [5.41, 5.74) is 4.94. The molecule has 0 aliphatic carbocycles. The van der Waals surface area contributed by atoms with Crippen LogP contribution in [0.2, 0.25) is 10.0 Å². The summed E-state index contributed by atoms with van der Waals surface area (Å²) in [5, 5.41) is 10.6. The molecule has 0 fully saturated rings. The van der Waals surface area contributed by atoms with E-state index in [1.807, 2.05) is 60.7 Å². The summed E-state index contributed by atoms with van der Waals surface area (Å²) in [5.74, 6) is -0.916. The minimum atomic E-state index is -0.916. The molecule has 4 nitrogen and oxygen atoms in total. The molecule has 0 saturated heterocycles. The second-order valence-corrected chi connectivity index (χ2v) is 7.99. The molecule has 3 aromatic rings. The van der Waals surface area contributed by atoms with E-state index in [-0.39, 0.29) is 0 Å². The Morgan fingerprint density at radius 3 is 2.58 bits per heavy atom. The average Bonchev–Trinajstić information content (AvgIpc) is 2.94. The normalized spacial score (nSPS) is 13.6. The lowest BCUT2D eigenvalue weighted by atomic mass is 10.0. The Morgan fingerprint density at radius 2 is 1.77 bits per heavy atom. The fraction of sp³-hybridized carbons (Fsp3) is 0.120. The van der Waals surface area contributed by atoms with Crippen LogP contribution in [0.15, 0.2) is 77.8 Å². The summed E-state index contributed by atoms with van der Waals surface area (Å²) in [6.45, 7) is 1.79. The number of carbonyl (C=O) groups is 1. The topological polar surface area (TPSA) is 52.9 Å². The van der Waals surface area contributed by atoms with Crippen molar-refractivity contribution >= 4 is 46.6 Å². The predicted molar refractivity (Wildman–Crippen MR) is 128 cm³/mol. The molecular formula is C25H20Cl2N2O2. The van der Waals surface area contributed by atoms with Crippen molar-refractivity contribution in [2.45, 2.75) is 6.54 Å². The van der Waals surface area contributed by atoms with E-state index in [1.54, 1.807) is 18.2 Å². The number of carboxylic acid groups (broad SMARTS) is 1. The monoisotopic (exact) mass is 450 g/mol. The van der Waals surface area contributed by atoms with Gasteiger partial charge in [-0.1, -0.05) is 71.7 Å². The molecule has 4 rings (SSSR count). The Hall–Kier alpha value is -3.08. The number of anilines is 1. The van der Waals surface area contributed by atoms with Crippen LogP contribution in [-0.4, -0.2) is 29.9 Å². The van der Waals surface area contributed by atoms with Gasteiger partial charge in [0.05, 0.1) is 27.9 Å². The summed E-state index contributed by atoms with van der Waals surface area (Å²) in [6.07, 6.45) is 3.94. The van der Waals surface area contributed by atoms with E-state index >= 15 is 0 Å². The number of para-hydroxylation sites is 1. The number of benzene rings is 3. The predicted octanol–water partition coefficient (Wildman–Crippen LogP) is 6.21. The van der Waals surface area contributed by atoms with Crippen LogP contribution in [0.5, 0.6) is 0 Å². The zero-order chi connectivity index (χ0) is 21.8. The van der Waals surface area contributed by atoms with Crippen molar-refractivity contribution in [2.75, 3.05) is 18.0 Å². The standard InChI is InChI=1S/C25H20Cl2N2O2/c26-21-11-9-17(15-22(21)27)10-12-23-20-7-3-4-8-24(20)29(14-13-28-23)16-18-5-1-2-6-19(18)25(30)31/h1-12,15H,13-14,16H2,(H,30,31). The number of hydrogen-bond donors (Lipinski definition) is 1. The number of halogens is 2. The van der Waals surface area contributed by atoms with Gasteiger partial charge < -0.3 is 10.0 Å². The summed E-state index contributed by atoms with van der Waals surface area (Å²) in [6, 6.07) is 20.7. The highest BCUT2D eigenvalue weighted by atomic mass is 35.5. The molecule has 0 atom stereocenters. The third kappa shape index (κ3) is 4.82. The minimum Gasteiger partial charge on any atom is -0.478 e. The molecule has 1 N–H and O–H groups in total. The maximum absolute atomic E-state index is 11.6. The van der Waals surface area contributed by atoms with Crippen LogP contribution in [-0.2, 0) is 6.54 Å². The number of hydrogen-bond acceptors (Lipinski definition) is 3. The largest absolute Gasteiger partial charge is 0.478 e. The Kier molecular flexibility index (Phi) is 6.40. The first-order valence-electron chi connectivity index (χ1n) is 9.86. The molecule has 6 heteroatoms. The van der Waals surface area contributed by atoms with E-state index < -0.39 is 5.97 Å². The van der Waals surface area contributed by atoms with Crippen molar-refractivity contribution < 1.29 is 9.90 Å². The number of rotatable bonds is 5. The number of aliphatic imine (C=N–C) groups is 1. The van der Waals surface area contributed by atoms with Gasteiger partial charge >= 0.3 is 5.97 Å². The van der Waals surface area contributed by atoms with Crippen LogP contribution in [0.1, 0.15) is 27.0 Å². The van der Waals surface area contributed by atoms with Crippen LogP contribution in [0.4, 0.5) is 5.69 Å². The van der Waals surface area contributed by atoms with Gasteiger partial charge in [-0.05, 0) is 41.5 Å². The smallest absolute Gasteiger partial charge is 0.336 e. The molecule has 1 aliphatic rings. The van der Waals surface area contributed by atoms with Crippen LogP contribution in [0.3, 0.4) is 0 Å². The molecule has 0 saturated carbocycles. The molecule has 0 radical (unpaired) electrons. The summed E-state index contributed by atoms with van der Waals surface area (Å²) < 4.78 is 0. The van der Waals surface area contributed by atoms with Crippen molar-refractivity contribution in [3.05, 3.63) is 105 Å². The Labute approximate surface area is 191 Å². The lowest BCUT2D eigenvalue weighted by Gasteiger charge is -2.25. The highest BCUT2D eigenvalue weighted by molar-refractivity contribution is 6.42. The van der Waals surface area contributed by atoms with E-state index in [9.17, 15) is 9.90 Å². The van der Waals surface area contributed by atoms with Gasteiger partial charge in [-0.3, -0.25) is 4.99 Å². The average molecular weight is 451 g/mol. The quantitative estimate of drug-likeness (QED) is 0.502. The fourth-order valence-corrected chi connectivity index (χ4v) is 3.94. The SMILES string of the molecule is O=C(O)c1ccccc1CN1CCN=C(C=Cc2ccc(Cl)c(Cl)c2)c2ccccc21. The van der Waals surface area contributed by atoms with Gasteiger partial charge in [0.25, 0.3) is 0 Å². The third-order valence-electron chi connectivity index (χ3n) is 5.16. The lowest BCUT2D eigenvalue weighted by molar-refractivity contribution is 0.0695. The number of fused-ring (bicyclic) bond motifs is 1. The van der Waals surface area contributed by atoms with Gasteiger partial charge in [0.15, 0.2) is 0 Å². The van der Waals surface area contributed by atoms with Gasteiger partial charge in [-0.25, -0.2) is 4.79 Å². The van der Waals surface area contributed by atoms with Crippen molar-refractivity contribution in [3.8, 4) is 0 Å². The Balaban J connectivity index is 1.65. The van der Waals surface area contributed by atoms with Crippen molar-refractivity contribution in [1.82, 2.24) is 0 Å². The van der Waals surface area contributed by atoms with Crippen molar-refractivity contribution in [2.24, 2.45) is 4.99 Å². The van der Waals surface area contributed by atoms with E-state index in [1.165, 1.54) is 0 Å². The van der Waals surface area contributed by atoms with Crippen molar-refractivity contribution in [1.29, 1.82) is 0 Å². The number of nitrogens with zero attached hydrogens (tertiary/aromatic N) is 2. The number of benzodiazepines with no additional fused rings is 1. The van der Waals surface area contributed by atoms with E-state index in [0.29, 0.717) is 35.2 Å². The van der Waals surface area contributed by atoms with Gasteiger partial charge in [-0.15, -0.1) is 0 Å². The zero-order valence-corrected chi connectivity index (χ0v) is 18.1. The number of carboxylic acids is 1. The van der Waals surface area contributed by atoms with Crippen molar-refractivity contribution in [3.63, 3.8) is 0 Å². The molecule has 1 aliphatic heterocycles. The third-order valence-corrected chi connectivity index (χ3v) is 5.90. The molecule has 156 valence electrons. The highest BCUT2D eigenvalue weighted by Crippen LogP contribution is 2.27. The molecule has 31 heavy (non-hydrogen) atoms. The van der Waals surface area contributed by atoms with Crippen LogP contribution in [0, 0.1) is 0 Å². The zero-order valence-electron chi connectivity index (χ0n) is 16.6. The van der Waals surface area contributed by atoms with Crippen LogP contribution >= 0.6 is 23.2 Å². The lowest BCUT2D eigenvalue weighted by Crippen LogP contribution is -2.26. The first-order chi connectivity index (χ1) is 15.0. The van der Waals surface area contributed by atoms with Crippen LogP contribution < -0.4 is 4.90 Å². The molecule has 3 aromatic carbocycles. The fourth-order valence-electron chi connectivity index (χ4n) is 3.63. The molecular weight excluding hydrogens is 431 g/mol. The summed E-state index contributed by atoms with van der Waals surface area (Å²) >= 11 is 12.1. The van der Waals surface area contributed by atoms with Gasteiger partial charge in [-0.2, -0.15) is 0 Å². The first-order valence-corrected chi connectivity index (χ1v) is 10.6. The number of aromatic carboxylic acids is 1. The molecule has 0 aromatic heterocycles. The first kappa shape index (κ1) is 21.2. The van der Waals surface area contributed by atoms with Gasteiger partial charge in [0, 0.05) is 24.3 Å². The van der Waals surface area contributed by atoms with Gasteiger partial charge in [0.1, 0.15) is 0 Å². The summed E-state index contributed by atoms with van der Waals surface area (Å²) in [4.78, 5) is 18.6. The second kappa shape index (κ2) is 9.38. The maximum atomic E-state index is 11.6. The Morgan fingerprint density at radius 1 is 1.00 bits per heavy atom. The minimum absolute atomic E-state index is 0.324. The molecule has 0 unspecified atom stereocenters. The Bertz CT molecular complexity index is 1190. The molecule has 0 bridgehead atoms. The molecule has 0 spiro atoms. The molecule has 1 heterocycles. The molecule has 0 amide bonds. The second-order valence-electron chi connectivity index (χ2n) is 7.17.